The van der Waals surface area contributed by atoms with Gasteiger partial charge in [-0.1, -0.05) is 27.6 Å². The van der Waals surface area contributed by atoms with Crippen molar-refractivity contribution in [1.82, 2.24) is 9.80 Å². The van der Waals surface area contributed by atoms with Crippen LogP contribution in [0.5, 0.6) is 11.5 Å². The van der Waals surface area contributed by atoms with E-state index in [1.165, 1.54) is 6.08 Å². The molecule has 5 rings (SSSR count). The zero-order valence-corrected chi connectivity index (χ0v) is 23.8. The van der Waals surface area contributed by atoms with Crippen molar-refractivity contribution in [3.8, 4) is 11.5 Å². The van der Waals surface area contributed by atoms with Crippen LogP contribution in [0.15, 0.2) is 29.8 Å². The summed E-state index contributed by atoms with van der Waals surface area (Å²) in [5.41, 5.74) is -0.395. The number of carbonyl (C=O) groups excluding carboxylic acids is 4. The molecule has 2 aliphatic carbocycles. The van der Waals surface area contributed by atoms with Crippen LogP contribution in [0, 0.1) is 17.8 Å². The molecule has 0 spiro atoms. The highest BCUT2D eigenvalue weighted by Gasteiger charge is 2.76. The third-order valence-corrected chi connectivity index (χ3v) is 10.1. The van der Waals surface area contributed by atoms with E-state index in [4.69, 9.17) is 28.3 Å². The second-order valence-electron chi connectivity index (χ2n) is 10.2. The second-order valence-corrected chi connectivity index (χ2v) is 12.0. The molecule has 2 heterocycles. The topological polar surface area (TPSA) is 142 Å². The van der Waals surface area contributed by atoms with Gasteiger partial charge in [0, 0.05) is 18.0 Å². The lowest BCUT2D eigenvalue weighted by Crippen LogP contribution is -2.60. The van der Waals surface area contributed by atoms with E-state index in [0.29, 0.717) is 0 Å². The molecule has 4 amide bonds. The van der Waals surface area contributed by atoms with Gasteiger partial charge in [-0.15, -0.1) is 36.4 Å². The number of imide groups is 2. The van der Waals surface area contributed by atoms with E-state index in [2.05, 4.69) is 20.7 Å². The maximum absolute atomic E-state index is 13.7. The average Bonchev–Trinajstić information content (AvgIpc) is 3.21. The summed E-state index contributed by atoms with van der Waals surface area (Å²) in [4.78, 5) is 62.0. The number of amides is 4. The van der Waals surface area contributed by atoms with Gasteiger partial charge in [-0.2, -0.15) is 0 Å². The van der Waals surface area contributed by atoms with Crippen LogP contribution in [0.25, 0.3) is 0 Å². The molecule has 4 aliphatic rings. The van der Waals surface area contributed by atoms with Crippen molar-refractivity contribution in [2.75, 3.05) is 12.0 Å². The van der Waals surface area contributed by atoms with Gasteiger partial charge in [0.05, 0.1) is 23.7 Å². The van der Waals surface area contributed by atoms with E-state index in [1.54, 1.807) is 0 Å². The van der Waals surface area contributed by atoms with Crippen LogP contribution in [0.4, 0.5) is 13.2 Å². The molecule has 2 saturated heterocycles. The molecule has 0 aromatic heterocycles. The first-order chi connectivity index (χ1) is 19.1. The smallest absolute Gasteiger partial charge is 0.508 e. The Morgan fingerprint density at radius 2 is 1.78 bits per heavy atom. The number of halogens is 6. The molecule has 1 aromatic rings. The van der Waals surface area contributed by atoms with E-state index >= 15 is 0 Å². The Hall–Kier alpha value is -2.84. The third kappa shape index (κ3) is 4.32. The summed E-state index contributed by atoms with van der Waals surface area (Å²) in [5.74, 6) is -10.3. The van der Waals surface area contributed by atoms with Gasteiger partial charge in [-0.3, -0.25) is 33.8 Å². The van der Waals surface area contributed by atoms with Crippen molar-refractivity contribution in [1.29, 1.82) is 0 Å². The van der Waals surface area contributed by atoms with Gasteiger partial charge in [-0.25, -0.2) is 0 Å². The number of carbonyl (C=O) groups is 5. The summed E-state index contributed by atoms with van der Waals surface area (Å²) in [7, 11) is 0. The number of aliphatic carboxylic acids is 1. The maximum Gasteiger partial charge on any atom is 0.573 e. The SMILES string of the molecule is O=C(O)CCN1C(=O)C2CC=C3C(CC4(Cl)C(=O)N(CBr)C(=O)C4(Cl)C3c3cc(OC(F)(F)F)ccc3O)C2C1=O. The highest BCUT2D eigenvalue weighted by atomic mass is 79.9. The molecule has 1 saturated carbocycles. The van der Waals surface area contributed by atoms with E-state index in [9.17, 15) is 42.3 Å². The fraction of sp³-hybridized carbons (Fsp3) is 0.480. The molecule has 6 unspecified atom stereocenters. The number of hydrogen-bond acceptors (Lipinski definition) is 7. The van der Waals surface area contributed by atoms with Crippen LogP contribution in [0.2, 0.25) is 0 Å². The molecule has 3 fully saturated rings. The summed E-state index contributed by atoms with van der Waals surface area (Å²) in [6, 6.07) is 2.59. The van der Waals surface area contributed by atoms with E-state index < -0.39 is 87.3 Å². The standard InChI is InChI=1S/C25H20BrCl2F3N2O8/c26-9-33-21(39)23(27)8-14-11(2-3-12-17(14)20(38)32(19(12)37)6-5-16(35)36)18(24(23,28)22(33)40)13-7-10(1-4-15(13)34)41-25(29,30)31/h1-2,4,7,12,14,17-18,34H,3,5-6,8-9H2,(H,35,36). The summed E-state index contributed by atoms with van der Waals surface area (Å²) in [6.45, 7) is -0.386. The molecule has 16 heteroatoms. The number of aromatic hydroxyl groups is 1. The van der Waals surface area contributed by atoms with Crippen molar-refractivity contribution in [3.05, 3.63) is 35.4 Å². The van der Waals surface area contributed by atoms with Crippen LogP contribution < -0.4 is 4.74 Å². The van der Waals surface area contributed by atoms with Gasteiger partial charge in [-0.05, 0) is 37.0 Å². The molecule has 1 aromatic carbocycles. The van der Waals surface area contributed by atoms with Gasteiger partial charge in [0.1, 0.15) is 11.5 Å². The highest BCUT2D eigenvalue weighted by Crippen LogP contribution is 2.66. The number of rotatable bonds is 6. The van der Waals surface area contributed by atoms with Crippen LogP contribution >= 0.6 is 39.1 Å². The average molecular weight is 684 g/mol. The molecule has 0 bridgehead atoms. The first-order valence-corrected chi connectivity index (χ1v) is 14.1. The predicted molar refractivity (Wildman–Crippen MR) is 137 cm³/mol. The van der Waals surface area contributed by atoms with Crippen molar-refractivity contribution in [2.45, 2.75) is 41.3 Å². The summed E-state index contributed by atoms with van der Waals surface area (Å²) in [5, 5.41) is 19.9. The lowest BCUT2D eigenvalue weighted by molar-refractivity contribution is -0.274. The highest BCUT2D eigenvalue weighted by molar-refractivity contribution is 9.09. The first kappa shape index (κ1) is 29.6. The van der Waals surface area contributed by atoms with Crippen molar-refractivity contribution >= 4 is 68.7 Å². The van der Waals surface area contributed by atoms with E-state index in [1.807, 2.05) is 0 Å². The summed E-state index contributed by atoms with van der Waals surface area (Å²) < 4.78 is 43.2. The Morgan fingerprint density at radius 1 is 1.10 bits per heavy atom. The fourth-order valence-electron chi connectivity index (χ4n) is 6.55. The minimum Gasteiger partial charge on any atom is -0.508 e. The summed E-state index contributed by atoms with van der Waals surface area (Å²) in [6.07, 6.45) is -4.51. The number of hydrogen-bond donors (Lipinski definition) is 2. The Bertz CT molecular complexity index is 1420. The van der Waals surface area contributed by atoms with Crippen LogP contribution in [0.1, 0.15) is 30.7 Å². The van der Waals surface area contributed by atoms with Gasteiger partial charge in [0.2, 0.25) is 11.8 Å². The van der Waals surface area contributed by atoms with Crippen molar-refractivity contribution < 1.29 is 52.1 Å². The Balaban J connectivity index is 1.69. The van der Waals surface area contributed by atoms with E-state index in [0.717, 1.165) is 28.0 Å². The lowest BCUT2D eigenvalue weighted by Gasteiger charge is -2.50. The third-order valence-electron chi connectivity index (χ3n) is 8.20. The number of nitrogens with zero attached hydrogens (tertiary/aromatic N) is 2. The fourth-order valence-corrected chi connectivity index (χ4v) is 7.97. The molecule has 6 atom stereocenters. The molecule has 0 radical (unpaired) electrons. The number of fused-ring (bicyclic) bond motifs is 4. The van der Waals surface area contributed by atoms with Crippen LogP contribution in [-0.4, -0.2) is 77.7 Å². The van der Waals surface area contributed by atoms with Gasteiger partial charge < -0.3 is 14.9 Å². The number of alkyl halides is 6. The molecule has 10 nitrogen and oxygen atoms in total. The van der Waals surface area contributed by atoms with Gasteiger partial charge in [0.15, 0.2) is 9.75 Å². The zero-order valence-electron chi connectivity index (χ0n) is 20.7. The maximum atomic E-state index is 13.7. The van der Waals surface area contributed by atoms with Crippen molar-refractivity contribution in [2.24, 2.45) is 17.8 Å². The Kier molecular flexibility index (Phi) is 7.14. The predicted octanol–water partition coefficient (Wildman–Crippen LogP) is 3.48. The Labute approximate surface area is 248 Å². The number of carboxylic acids is 1. The second kappa shape index (κ2) is 9.87. The molecular weight excluding hydrogens is 664 g/mol. The van der Waals surface area contributed by atoms with Crippen LogP contribution in [0.3, 0.4) is 0 Å². The number of phenolic OH excluding ortho intramolecular Hbond substituents is 1. The largest absolute Gasteiger partial charge is 0.573 e. The number of allylic oxidation sites excluding steroid dienone is 2. The minimum absolute atomic E-state index is 0.0484. The number of benzene rings is 1. The number of ether oxygens (including phenoxy) is 1. The monoisotopic (exact) mass is 682 g/mol. The Morgan fingerprint density at radius 3 is 2.39 bits per heavy atom. The molecule has 2 N–H and O–H groups in total. The minimum atomic E-state index is -5.10. The summed E-state index contributed by atoms with van der Waals surface area (Å²) >= 11 is 17.0. The number of phenols is 1. The van der Waals surface area contributed by atoms with Crippen molar-refractivity contribution in [3.63, 3.8) is 0 Å². The quantitative estimate of drug-likeness (QED) is 0.201. The molecule has 220 valence electrons. The number of likely N-dealkylation sites (tertiary alicyclic amines) is 2. The van der Waals surface area contributed by atoms with Gasteiger partial charge >= 0.3 is 12.3 Å². The lowest BCUT2D eigenvalue weighted by atomic mass is 9.56. The first-order valence-electron chi connectivity index (χ1n) is 12.2. The molecule has 2 aliphatic heterocycles. The van der Waals surface area contributed by atoms with E-state index in [-0.39, 0.29) is 36.0 Å². The molecular formula is C25H20BrCl2F3N2O8. The molecule has 41 heavy (non-hydrogen) atoms. The zero-order chi connectivity index (χ0) is 30.2. The number of carboxylic acid groups (broad SMARTS) is 1. The van der Waals surface area contributed by atoms with Gasteiger partial charge in [0.25, 0.3) is 11.8 Å². The van der Waals surface area contributed by atoms with Crippen LogP contribution in [-0.2, 0) is 24.0 Å². The normalized spacial score (nSPS) is 33.0.